The number of nitrogens with zero attached hydrogens (tertiary/aromatic N) is 2. The van der Waals surface area contributed by atoms with Gasteiger partial charge in [-0.25, -0.2) is 0 Å². The molecule has 1 saturated heterocycles. The van der Waals surface area contributed by atoms with Crippen molar-refractivity contribution in [2.75, 3.05) is 39.8 Å². The Morgan fingerprint density at radius 2 is 1.72 bits per heavy atom. The summed E-state index contributed by atoms with van der Waals surface area (Å²) in [5.41, 5.74) is 2.10. The summed E-state index contributed by atoms with van der Waals surface area (Å²) in [5.74, 6) is 0.0126. The minimum atomic E-state index is 0.0126. The third kappa shape index (κ3) is 4.91. The zero-order valence-corrected chi connectivity index (χ0v) is 14.9. The second-order valence-corrected chi connectivity index (χ2v) is 6.70. The van der Waals surface area contributed by atoms with Gasteiger partial charge in [-0.3, -0.25) is 9.69 Å². The van der Waals surface area contributed by atoms with E-state index in [1.807, 2.05) is 30.3 Å². The third-order valence-corrected chi connectivity index (χ3v) is 4.82. The van der Waals surface area contributed by atoms with E-state index in [9.17, 15) is 4.79 Å². The fourth-order valence-electron chi connectivity index (χ4n) is 3.39. The largest absolute Gasteiger partial charge is 0.352 e. The Bertz CT molecular complexity index is 659. The van der Waals surface area contributed by atoms with Gasteiger partial charge in [0.15, 0.2) is 0 Å². The summed E-state index contributed by atoms with van der Waals surface area (Å²) in [6, 6.07) is 20.6. The molecule has 1 heterocycles. The second kappa shape index (κ2) is 8.79. The molecule has 0 aliphatic carbocycles. The number of rotatable bonds is 6. The first kappa shape index (κ1) is 17.6. The van der Waals surface area contributed by atoms with E-state index in [-0.39, 0.29) is 5.91 Å². The minimum Gasteiger partial charge on any atom is -0.352 e. The molecule has 2 aromatic carbocycles. The van der Waals surface area contributed by atoms with Gasteiger partial charge in [-0.1, -0.05) is 48.5 Å². The van der Waals surface area contributed by atoms with Crippen molar-refractivity contribution in [2.45, 2.75) is 12.5 Å². The van der Waals surface area contributed by atoms with Crippen LogP contribution in [0.3, 0.4) is 0 Å². The lowest BCUT2D eigenvalue weighted by molar-refractivity contribution is 0.0866. The lowest BCUT2D eigenvalue weighted by Gasteiger charge is -2.40. The smallest absolute Gasteiger partial charge is 0.251 e. The van der Waals surface area contributed by atoms with Crippen LogP contribution in [0.1, 0.15) is 28.4 Å². The molecule has 1 aliphatic heterocycles. The number of nitrogens with one attached hydrogen (secondary N) is 1. The maximum Gasteiger partial charge on any atom is 0.251 e. The molecule has 1 amide bonds. The van der Waals surface area contributed by atoms with E-state index in [4.69, 9.17) is 0 Å². The van der Waals surface area contributed by atoms with Crippen molar-refractivity contribution in [2.24, 2.45) is 0 Å². The third-order valence-electron chi connectivity index (χ3n) is 4.82. The fourth-order valence-corrected chi connectivity index (χ4v) is 3.39. The van der Waals surface area contributed by atoms with Crippen LogP contribution >= 0.6 is 0 Å². The van der Waals surface area contributed by atoms with E-state index in [1.165, 1.54) is 5.56 Å². The number of carbonyl (C=O) groups is 1. The first-order chi connectivity index (χ1) is 12.2. The Morgan fingerprint density at radius 3 is 2.44 bits per heavy atom. The van der Waals surface area contributed by atoms with Gasteiger partial charge in [-0.15, -0.1) is 0 Å². The summed E-state index contributed by atoms with van der Waals surface area (Å²) in [7, 11) is 2.19. The van der Waals surface area contributed by atoms with Crippen molar-refractivity contribution < 1.29 is 4.79 Å². The van der Waals surface area contributed by atoms with Crippen LogP contribution in [-0.4, -0.2) is 55.5 Å². The van der Waals surface area contributed by atoms with Crippen molar-refractivity contribution >= 4 is 5.91 Å². The average molecular weight is 337 g/mol. The van der Waals surface area contributed by atoms with Crippen LogP contribution in [0, 0.1) is 0 Å². The molecular weight excluding hydrogens is 310 g/mol. The monoisotopic (exact) mass is 337 g/mol. The molecule has 3 rings (SSSR count). The molecule has 1 aliphatic rings. The van der Waals surface area contributed by atoms with Crippen molar-refractivity contribution in [3.8, 4) is 0 Å². The van der Waals surface area contributed by atoms with Gasteiger partial charge in [0.05, 0.1) is 0 Å². The molecule has 1 atom stereocenters. The second-order valence-electron chi connectivity index (χ2n) is 6.70. The lowest BCUT2D eigenvalue weighted by atomic mass is 10.0. The van der Waals surface area contributed by atoms with Crippen LogP contribution in [-0.2, 0) is 0 Å². The molecule has 1 N–H and O–H groups in total. The maximum absolute atomic E-state index is 12.1. The van der Waals surface area contributed by atoms with Crippen molar-refractivity contribution in [1.29, 1.82) is 0 Å². The van der Waals surface area contributed by atoms with Crippen LogP contribution in [0.15, 0.2) is 60.7 Å². The molecule has 1 fully saturated rings. The predicted molar refractivity (Wildman–Crippen MR) is 102 cm³/mol. The normalized spacial score (nSPS) is 18.8. The molecule has 1 unspecified atom stereocenters. The van der Waals surface area contributed by atoms with Crippen LogP contribution in [0.25, 0.3) is 0 Å². The van der Waals surface area contributed by atoms with Gasteiger partial charge in [0, 0.05) is 44.3 Å². The summed E-state index contributed by atoms with van der Waals surface area (Å²) < 4.78 is 0. The van der Waals surface area contributed by atoms with Gasteiger partial charge in [0.25, 0.3) is 5.91 Å². The van der Waals surface area contributed by atoms with E-state index in [2.05, 4.69) is 52.5 Å². The van der Waals surface area contributed by atoms with Crippen LogP contribution in [0.4, 0.5) is 0 Å². The zero-order chi connectivity index (χ0) is 17.5. The summed E-state index contributed by atoms with van der Waals surface area (Å²) in [4.78, 5) is 17.0. The molecule has 0 spiro atoms. The van der Waals surface area contributed by atoms with Crippen molar-refractivity contribution in [3.05, 3.63) is 71.8 Å². The molecule has 2 aromatic rings. The van der Waals surface area contributed by atoms with Gasteiger partial charge >= 0.3 is 0 Å². The average Bonchev–Trinajstić information content (AvgIpc) is 2.67. The number of hydrogen-bond donors (Lipinski definition) is 1. The SMILES string of the molecule is CN1CCN(CCCNC(=O)c2ccccc2)C(c2ccccc2)C1. The summed E-state index contributed by atoms with van der Waals surface area (Å²) in [6.45, 7) is 4.94. The molecule has 0 bridgehead atoms. The van der Waals surface area contributed by atoms with E-state index in [0.717, 1.165) is 38.2 Å². The molecule has 25 heavy (non-hydrogen) atoms. The van der Waals surface area contributed by atoms with Gasteiger partial charge in [-0.2, -0.15) is 0 Å². The van der Waals surface area contributed by atoms with Crippen LogP contribution in [0.5, 0.6) is 0 Å². The molecule has 0 saturated carbocycles. The number of hydrogen-bond acceptors (Lipinski definition) is 3. The van der Waals surface area contributed by atoms with E-state index < -0.39 is 0 Å². The topological polar surface area (TPSA) is 35.6 Å². The Balaban J connectivity index is 1.50. The Kier molecular flexibility index (Phi) is 6.20. The Morgan fingerprint density at radius 1 is 1.04 bits per heavy atom. The first-order valence-corrected chi connectivity index (χ1v) is 9.05. The van der Waals surface area contributed by atoms with Crippen molar-refractivity contribution in [1.82, 2.24) is 15.1 Å². The molecule has 0 aromatic heterocycles. The highest BCUT2D eigenvalue weighted by Crippen LogP contribution is 2.24. The molecule has 4 heteroatoms. The maximum atomic E-state index is 12.1. The Hall–Kier alpha value is -2.17. The number of piperazine rings is 1. The van der Waals surface area contributed by atoms with E-state index >= 15 is 0 Å². The zero-order valence-electron chi connectivity index (χ0n) is 14.9. The number of carbonyl (C=O) groups excluding carboxylic acids is 1. The van der Waals surface area contributed by atoms with Gasteiger partial charge in [0.1, 0.15) is 0 Å². The highest BCUT2D eigenvalue weighted by atomic mass is 16.1. The lowest BCUT2D eigenvalue weighted by Crippen LogP contribution is -2.47. The molecular formula is C21H27N3O. The van der Waals surface area contributed by atoms with E-state index in [1.54, 1.807) is 0 Å². The summed E-state index contributed by atoms with van der Waals surface area (Å²) >= 11 is 0. The quantitative estimate of drug-likeness (QED) is 0.824. The summed E-state index contributed by atoms with van der Waals surface area (Å²) in [5, 5.41) is 3.03. The number of likely N-dealkylation sites (N-methyl/N-ethyl adjacent to an activating group) is 1. The van der Waals surface area contributed by atoms with Gasteiger partial charge < -0.3 is 10.2 Å². The fraction of sp³-hybridized carbons (Fsp3) is 0.381. The molecule has 0 radical (unpaired) electrons. The number of benzene rings is 2. The standard InChI is InChI=1S/C21H27N3O/c1-23-15-16-24(20(17-23)18-9-4-2-5-10-18)14-8-13-22-21(25)19-11-6-3-7-12-19/h2-7,9-12,20H,8,13-17H2,1H3,(H,22,25). The first-order valence-electron chi connectivity index (χ1n) is 9.05. The predicted octanol–water partition coefficient (Wildman–Crippen LogP) is 2.80. The molecule has 4 nitrogen and oxygen atoms in total. The van der Waals surface area contributed by atoms with Crippen LogP contribution in [0.2, 0.25) is 0 Å². The molecule has 132 valence electrons. The van der Waals surface area contributed by atoms with E-state index in [0.29, 0.717) is 12.6 Å². The van der Waals surface area contributed by atoms with Crippen LogP contribution < -0.4 is 5.32 Å². The minimum absolute atomic E-state index is 0.0126. The summed E-state index contributed by atoms with van der Waals surface area (Å²) in [6.07, 6.45) is 0.964. The van der Waals surface area contributed by atoms with Crippen molar-refractivity contribution in [3.63, 3.8) is 0 Å². The number of amides is 1. The highest BCUT2D eigenvalue weighted by Gasteiger charge is 2.25. The van der Waals surface area contributed by atoms with Gasteiger partial charge in [-0.05, 0) is 31.2 Å². The van der Waals surface area contributed by atoms with Gasteiger partial charge in [0.2, 0.25) is 0 Å². The highest BCUT2D eigenvalue weighted by molar-refractivity contribution is 5.94. The Labute approximate surface area is 150 Å².